The summed E-state index contributed by atoms with van der Waals surface area (Å²) in [4.78, 5) is 24.7. The molecule has 0 bridgehead atoms. The van der Waals surface area contributed by atoms with Gasteiger partial charge in [-0.3, -0.25) is 4.79 Å². The van der Waals surface area contributed by atoms with E-state index in [-0.39, 0.29) is 12.3 Å². The quantitative estimate of drug-likeness (QED) is 0.422. The van der Waals surface area contributed by atoms with E-state index in [2.05, 4.69) is 27.8 Å². The molecule has 0 aliphatic rings. The number of benzene rings is 2. The normalized spacial score (nSPS) is 10.8. The fourth-order valence-electron chi connectivity index (χ4n) is 2.02. The minimum absolute atomic E-state index is 0.0323. The van der Waals surface area contributed by atoms with E-state index in [0.29, 0.717) is 16.9 Å². The molecule has 5 nitrogen and oxygen atoms in total. The Morgan fingerprint density at radius 1 is 1.12 bits per heavy atom. The van der Waals surface area contributed by atoms with Crippen molar-refractivity contribution in [1.29, 1.82) is 0 Å². The van der Waals surface area contributed by atoms with Gasteiger partial charge in [0.15, 0.2) is 0 Å². The first-order chi connectivity index (χ1) is 12.5. The van der Waals surface area contributed by atoms with Crippen molar-refractivity contribution in [3.63, 3.8) is 0 Å². The predicted molar refractivity (Wildman–Crippen MR) is 104 cm³/mol. The molecule has 0 aromatic heterocycles. The van der Waals surface area contributed by atoms with Crippen LogP contribution in [0.3, 0.4) is 0 Å². The summed E-state index contributed by atoms with van der Waals surface area (Å²) >= 11 is 3.32. The summed E-state index contributed by atoms with van der Waals surface area (Å²) in [6.07, 6.45) is 3.00. The van der Waals surface area contributed by atoms with Gasteiger partial charge in [0, 0.05) is 10.0 Å². The van der Waals surface area contributed by atoms with Crippen LogP contribution in [0.15, 0.2) is 71.4 Å². The molecular formula is C20H18BrNO4. The highest BCUT2D eigenvalue weighted by Gasteiger charge is 2.15. The van der Waals surface area contributed by atoms with Crippen molar-refractivity contribution < 1.29 is 19.1 Å². The van der Waals surface area contributed by atoms with Crippen molar-refractivity contribution in [3.05, 3.63) is 82.5 Å². The van der Waals surface area contributed by atoms with E-state index in [1.807, 2.05) is 0 Å². The first kappa shape index (κ1) is 19.5. The van der Waals surface area contributed by atoms with Crippen molar-refractivity contribution in [2.75, 3.05) is 13.7 Å². The van der Waals surface area contributed by atoms with Crippen LogP contribution in [-0.4, -0.2) is 25.6 Å². The number of rotatable bonds is 7. The summed E-state index contributed by atoms with van der Waals surface area (Å²) in [5.74, 6) is -0.365. The minimum atomic E-state index is -0.647. The smallest absolute Gasteiger partial charge is 0.355 e. The molecule has 0 fully saturated rings. The Morgan fingerprint density at radius 2 is 1.77 bits per heavy atom. The summed E-state index contributed by atoms with van der Waals surface area (Å²) < 4.78 is 11.0. The highest BCUT2D eigenvalue weighted by molar-refractivity contribution is 9.10. The largest absolute Gasteiger partial charge is 0.497 e. The molecule has 2 aromatic rings. The second-order valence-electron chi connectivity index (χ2n) is 5.18. The van der Waals surface area contributed by atoms with Gasteiger partial charge in [0.1, 0.15) is 18.1 Å². The van der Waals surface area contributed by atoms with Crippen LogP contribution in [0, 0.1) is 0 Å². The zero-order chi connectivity index (χ0) is 18.9. The Morgan fingerprint density at radius 3 is 2.35 bits per heavy atom. The van der Waals surface area contributed by atoms with Crippen molar-refractivity contribution in [2.24, 2.45) is 0 Å². The van der Waals surface area contributed by atoms with Crippen LogP contribution in [0.25, 0.3) is 6.08 Å². The van der Waals surface area contributed by atoms with Crippen molar-refractivity contribution in [2.45, 2.75) is 0 Å². The van der Waals surface area contributed by atoms with Crippen molar-refractivity contribution in [3.8, 4) is 5.75 Å². The lowest BCUT2D eigenvalue weighted by molar-refractivity contribution is -0.138. The molecule has 134 valence electrons. The molecule has 2 aromatic carbocycles. The van der Waals surface area contributed by atoms with Crippen LogP contribution < -0.4 is 10.1 Å². The maximum Gasteiger partial charge on any atom is 0.355 e. The average molecular weight is 416 g/mol. The van der Waals surface area contributed by atoms with E-state index in [1.54, 1.807) is 61.7 Å². The summed E-state index contributed by atoms with van der Waals surface area (Å²) in [5, 5.41) is 2.61. The molecule has 1 amide bonds. The number of ether oxygens (including phenoxy) is 2. The van der Waals surface area contributed by atoms with Crippen LogP contribution in [0.2, 0.25) is 0 Å². The molecule has 0 heterocycles. The van der Waals surface area contributed by atoms with E-state index in [0.717, 1.165) is 4.47 Å². The van der Waals surface area contributed by atoms with Crippen LogP contribution >= 0.6 is 15.9 Å². The zero-order valence-corrected chi connectivity index (χ0v) is 15.8. The van der Waals surface area contributed by atoms with Gasteiger partial charge >= 0.3 is 5.97 Å². The van der Waals surface area contributed by atoms with Crippen molar-refractivity contribution in [1.82, 2.24) is 5.32 Å². The Hall–Kier alpha value is -2.86. The van der Waals surface area contributed by atoms with Crippen LogP contribution in [0.1, 0.15) is 15.9 Å². The molecule has 0 saturated carbocycles. The fourth-order valence-corrected chi connectivity index (χ4v) is 2.29. The predicted octanol–water partition coefficient (Wildman–Crippen LogP) is 3.96. The van der Waals surface area contributed by atoms with Gasteiger partial charge < -0.3 is 14.8 Å². The summed E-state index contributed by atoms with van der Waals surface area (Å²) in [7, 11) is 1.57. The Kier molecular flexibility index (Phi) is 7.17. The number of carbonyl (C=O) groups is 2. The molecule has 0 atom stereocenters. The Bertz CT molecular complexity index is 811. The van der Waals surface area contributed by atoms with Gasteiger partial charge in [-0.05, 0) is 48.0 Å². The number of nitrogens with one attached hydrogen (secondary N) is 1. The minimum Gasteiger partial charge on any atom is -0.497 e. The van der Waals surface area contributed by atoms with Crippen molar-refractivity contribution >= 4 is 33.9 Å². The number of esters is 1. The third kappa shape index (κ3) is 5.60. The number of carbonyl (C=O) groups excluding carboxylic acids is 2. The van der Waals surface area contributed by atoms with Gasteiger partial charge in [0.25, 0.3) is 5.91 Å². The standard InChI is InChI=1S/C20H18BrNO4/c1-3-12-26-20(24)18(13-14-4-10-17(25-2)11-5-14)22-19(23)15-6-8-16(21)9-7-15/h3-11,13H,1,12H2,2H3,(H,22,23). The first-order valence-electron chi connectivity index (χ1n) is 7.74. The van der Waals surface area contributed by atoms with Gasteiger partial charge in [0.05, 0.1) is 7.11 Å². The third-order valence-corrected chi connectivity index (χ3v) is 3.86. The Balaban J connectivity index is 2.25. The van der Waals surface area contributed by atoms with E-state index < -0.39 is 11.9 Å². The number of amides is 1. The lowest BCUT2D eigenvalue weighted by Crippen LogP contribution is -2.28. The average Bonchev–Trinajstić information content (AvgIpc) is 2.66. The summed E-state index contributed by atoms with van der Waals surface area (Å²) in [6.45, 7) is 3.56. The highest BCUT2D eigenvalue weighted by atomic mass is 79.9. The Labute approximate surface area is 160 Å². The van der Waals surface area contributed by atoms with Crippen LogP contribution in [-0.2, 0) is 9.53 Å². The number of methoxy groups -OCH3 is 1. The summed E-state index contributed by atoms with van der Waals surface area (Å²) in [6, 6.07) is 13.9. The van der Waals surface area contributed by atoms with Crippen LogP contribution in [0.5, 0.6) is 5.75 Å². The second kappa shape index (κ2) is 9.58. The van der Waals surface area contributed by atoms with Crippen LogP contribution in [0.4, 0.5) is 0 Å². The lowest BCUT2D eigenvalue weighted by atomic mass is 10.1. The molecule has 2 rings (SSSR count). The van der Waals surface area contributed by atoms with Gasteiger partial charge in [-0.15, -0.1) is 0 Å². The molecule has 0 aliphatic heterocycles. The van der Waals surface area contributed by atoms with E-state index in [1.165, 1.54) is 6.08 Å². The molecule has 0 aliphatic carbocycles. The van der Waals surface area contributed by atoms with Gasteiger partial charge in [-0.2, -0.15) is 0 Å². The maximum atomic E-state index is 12.4. The fraction of sp³-hybridized carbons (Fsp3) is 0.100. The lowest BCUT2D eigenvalue weighted by Gasteiger charge is -2.10. The van der Waals surface area contributed by atoms with Gasteiger partial charge in [-0.1, -0.05) is 40.7 Å². The topological polar surface area (TPSA) is 64.6 Å². The van der Waals surface area contributed by atoms with E-state index in [4.69, 9.17) is 9.47 Å². The van der Waals surface area contributed by atoms with E-state index in [9.17, 15) is 9.59 Å². The number of halogens is 1. The molecule has 0 saturated heterocycles. The molecule has 0 spiro atoms. The molecule has 26 heavy (non-hydrogen) atoms. The maximum absolute atomic E-state index is 12.4. The number of hydrogen-bond acceptors (Lipinski definition) is 4. The highest BCUT2D eigenvalue weighted by Crippen LogP contribution is 2.15. The molecule has 6 heteroatoms. The first-order valence-corrected chi connectivity index (χ1v) is 8.53. The third-order valence-electron chi connectivity index (χ3n) is 3.33. The zero-order valence-electron chi connectivity index (χ0n) is 14.2. The number of hydrogen-bond donors (Lipinski definition) is 1. The molecule has 0 unspecified atom stereocenters. The van der Waals surface area contributed by atoms with Gasteiger partial charge in [-0.25, -0.2) is 4.79 Å². The summed E-state index contributed by atoms with van der Waals surface area (Å²) in [5.41, 5.74) is 1.17. The second-order valence-corrected chi connectivity index (χ2v) is 6.10. The molecular weight excluding hydrogens is 398 g/mol. The SMILES string of the molecule is C=CCOC(=O)C(=Cc1ccc(OC)cc1)NC(=O)c1ccc(Br)cc1. The van der Waals surface area contributed by atoms with Gasteiger partial charge in [0.2, 0.25) is 0 Å². The molecule has 1 N–H and O–H groups in total. The van der Waals surface area contributed by atoms with E-state index >= 15 is 0 Å². The monoisotopic (exact) mass is 415 g/mol. The molecule has 0 radical (unpaired) electrons.